The third kappa shape index (κ3) is 3.90. The molecular weight excluding hydrogens is 196 g/mol. The number of aromatic nitrogens is 2. The van der Waals surface area contributed by atoms with Gasteiger partial charge >= 0.3 is 0 Å². The van der Waals surface area contributed by atoms with Crippen LogP contribution in [0.2, 0.25) is 0 Å². The van der Waals surface area contributed by atoms with E-state index in [9.17, 15) is 9.59 Å². The second kappa shape index (κ2) is 5.26. The van der Waals surface area contributed by atoms with Crippen molar-refractivity contribution < 1.29 is 4.79 Å². The van der Waals surface area contributed by atoms with E-state index in [-0.39, 0.29) is 17.2 Å². The van der Waals surface area contributed by atoms with E-state index in [1.54, 1.807) is 0 Å². The van der Waals surface area contributed by atoms with Crippen molar-refractivity contribution in [1.82, 2.24) is 20.4 Å². The van der Waals surface area contributed by atoms with Gasteiger partial charge in [-0.05, 0) is 20.2 Å². The van der Waals surface area contributed by atoms with E-state index in [0.717, 1.165) is 6.54 Å². The first-order valence-electron chi connectivity index (χ1n) is 4.58. The number of nitrogens with one attached hydrogen (secondary N) is 2. The maximum atomic E-state index is 11.4. The van der Waals surface area contributed by atoms with Crippen LogP contribution >= 0.6 is 0 Å². The van der Waals surface area contributed by atoms with Crippen molar-refractivity contribution in [3.63, 3.8) is 0 Å². The van der Waals surface area contributed by atoms with Gasteiger partial charge in [0.1, 0.15) is 5.69 Å². The zero-order valence-electron chi connectivity index (χ0n) is 8.78. The second-order valence-electron chi connectivity index (χ2n) is 3.37. The van der Waals surface area contributed by atoms with E-state index in [1.165, 1.54) is 12.1 Å². The highest BCUT2D eigenvalue weighted by atomic mass is 16.2. The minimum absolute atomic E-state index is 0.216. The Bertz CT molecular complexity index is 365. The third-order valence-corrected chi connectivity index (χ3v) is 1.76. The quantitative estimate of drug-likeness (QED) is 0.672. The molecule has 0 radical (unpaired) electrons. The van der Waals surface area contributed by atoms with Gasteiger partial charge in [-0.3, -0.25) is 9.59 Å². The van der Waals surface area contributed by atoms with Gasteiger partial charge in [0.25, 0.3) is 11.5 Å². The molecule has 0 atom stereocenters. The lowest BCUT2D eigenvalue weighted by molar-refractivity contribution is 0.0945. The van der Waals surface area contributed by atoms with Gasteiger partial charge in [-0.1, -0.05) is 0 Å². The summed E-state index contributed by atoms with van der Waals surface area (Å²) in [6.45, 7) is 1.31. The summed E-state index contributed by atoms with van der Waals surface area (Å²) in [5, 5.41) is 8.50. The Kier molecular flexibility index (Phi) is 3.99. The van der Waals surface area contributed by atoms with Crippen LogP contribution in [0.5, 0.6) is 0 Å². The van der Waals surface area contributed by atoms with E-state index in [2.05, 4.69) is 15.5 Å². The highest BCUT2D eigenvalue weighted by Crippen LogP contribution is 1.87. The fourth-order valence-electron chi connectivity index (χ4n) is 0.955. The summed E-state index contributed by atoms with van der Waals surface area (Å²) in [5.41, 5.74) is -0.104. The molecule has 0 unspecified atom stereocenters. The van der Waals surface area contributed by atoms with E-state index in [1.807, 2.05) is 19.0 Å². The van der Waals surface area contributed by atoms with Gasteiger partial charge in [-0.2, -0.15) is 5.10 Å². The van der Waals surface area contributed by atoms with Crippen LogP contribution in [0.3, 0.4) is 0 Å². The van der Waals surface area contributed by atoms with Crippen LogP contribution in [0.25, 0.3) is 0 Å². The molecule has 1 amide bonds. The number of likely N-dealkylation sites (N-methyl/N-ethyl adjacent to an activating group) is 1. The minimum atomic E-state index is -0.320. The molecule has 6 heteroatoms. The molecule has 1 rings (SSSR count). The van der Waals surface area contributed by atoms with Gasteiger partial charge in [0, 0.05) is 19.2 Å². The Balaban J connectivity index is 2.47. The van der Waals surface area contributed by atoms with Crippen LogP contribution < -0.4 is 10.9 Å². The van der Waals surface area contributed by atoms with Crippen molar-refractivity contribution in [2.24, 2.45) is 0 Å². The van der Waals surface area contributed by atoms with Crippen LogP contribution in [0, 0.1) is 0 Å². The van der Waals surface area contributed by atoms with Crippen molar-refractivity contribution in [3.8, 4) is 0 Å². The number of hydrogen-bond acceptors (Lipinski definition) is 4. The minimum Gasteiger partial charge on any atom is -0.349 e. The predicted molar refractivity (Wildman–Crippen MR) is 55.7 cm³/mol. The fraction of sp³-hybridized carbons (Fsp3) is 0.444. The highest BCUT2D eigenvalue weighted by molar-refractivity contribution is 5.91. The average molecular weight is 210 g/mol. The topological polar surface area (TPSA) is 78.1 Å². The number of carbonyl (C=O) groups excluding carboxylic acids is 1. The molecule has 0 aliphatic rings. The van der Waals surface area contributed by atoms with Crippen LogP contribution in [0.1, 0.15) is 10.5 Å². The number of amides is 1. The molecule has 0 aliphatic carbocycles. The zero-order valence-corrected chi connectivity index (χ0v) is 8.78. The molecule has 82 valence electrons. The molecule has 0 aliphatic heterocycles. The molecule has 15 heavy (non-hydrogen) atoms. The number of H-pyrrole nitrogens is 1. The van der Waals surface area contributed by atoms with Gasteiger partial charge < -0.3 is 10.2 Å². The molecule has 0 saturated heterocycles. The lowest BCUT2D eigenvalue weighted by atomic mass is 10.3. The number of nitrogens with zero attached hydrogens (tertiary/aromatic N) is 2. The normalized spacial score (nSPS) is 10.3. The third-order valence-electron chi connectivity index (χ3n) is 1.76. The van der Waals surface area contributed by atoms with Crippen LogP contribution in [-0.2, 0) is 0 Å². The van der Waals surface area contributed by atoms with Gasteiger partial charge in [-0.15, -0.1) is 0 Å². The molecule has 0 fully saturated rings. The standard InChI is InChI=1S/C9H14N4O2/c1-13(2)6-5-10-9(15)7-3-4-8(14)12-11-7/h3-4H,5-6H2,1-2H3,(H,10,15)(H,12,14). The fourth-order valence-corrected chi connectivity index (χ4v) is 0.955. The number of hydrogen-bond donors (Lipinski definition) is 2. The molecule has 1 aromatic heterocycles. The number of aromatic amines is 1. The van der Waals surface area contributed by atoms with E-state index in [0.29, 0.717) is 6.54 Å². The average Bonchev–Trinajstić information content (AvgIpc) is 2.18. The molecule has 0 spiro atoms. The van der Waals surface area contributed by atoms with Crippen molar-refractivity contribution in [2.75, 3.05) is 27.2 Å². The summed E-state index contributed by atoms with van der Waals surface area (Å²) in [6, 6.07) is 2.66. The van der Waals surface area contributed by atoms with Gasteiger partial charge in [0.05, 0.1) is 0 Å². The summed E-state index contributed by atoms with van der Waals surface area (Å²) < 4.78 is 0. The maximum absolute atomic E-state index is 11.4. The van der Waals surface area contributed by atoms with Crippen molar-refractivity contribution in [1.29, 1.82) is 0 Å². The Morgan fingerprint density at radius 2 is 2.27 bits per heavy atom. The molecule has 0 bridgehead atoms. The second-order valence-corrected chi connectivity index (χ2v) is 3.37. The largest absolute Gasteiger partial charge is 0.349 e. The molecule has 1 heterocycles. The van der Waals surface area contributed by atoms with Gasteiger partial charge in [0.15, 0.2) is 0 Å². The summed E-state index contributed by atoms with van der Waals surface area (Å²) in [5.74, 6) is -0.284. The Morgan fingerprint density at radius 3 is 2.80 bits per heavy atom. The summed E-state index contributed by atoms with van der Waals surface area (Å²) in [4.78, 5) is 24.1. The van der Waals surface area contributed by atoms with E-state index in [4.69, 9.17) is 0 Å². The monoisotopic (exact) mass is 210 g/mol. The van der Waals surface area contributed by atoms with Gasteiger partial charge in [-0.25, -0.2) is 5.10 Å². The predicted octanol–water partition coefficient (Wildman–Crippen LogP) is -0.939. The molecule has 2 N–H and O–H groups in total. The molecule has 1 aromatic rings. The highest BCUT2D eigenvalue weighted by Gasteiger charge is 2.05. The van der Waals surface area contributed by atoms with Gasteiger partial charge in [0.2, 0.25) is 0 Å². The SMILES string of the molecule is CN(C)CCNC(=O)c1ccc(=O)[nH]n1. The Morgan fingerprint density at radius 1 is 1.53 bits per heavy atom. The van der Waals surface area contributed by atoms with Crippen molar-refractivity contribution >= 4 is 5.91 Å². The molecule has 0 aromatic carbocycles. The van der Waals surface area contributed by atoms with E-state index < -0.39 is 0 Å². The van der Waals surface area contributed by atoms with Crippen molar-refractivity contribution in [2.45, 2.75) is 0 Å². The molecule has 6 nitrogen and oxygen atoms in total. The zero-order chi connectivity index (χ0) is 11.3. The van der Waals surface area contributed by atoms with E-state index >= 15 is 0 Å². The maximum Gasteiger partial charge on any atom is 0.271 e. The van der Waals surface area contributed by atoms with Crippen LogP contribution in [0.15, 0.2) is 16.9 Å². The first-order chi connectivity index (χ1) is 7.09. The summed E-state index contributed by atoms with van der Waals surface area (Å²) in [7, 11) is 3.84. The lowest BCUT2D eigenvalue weighted by Gasteiger charge is -2.09. The molecular formula is C9H14N4O2. The Labute approximate surface area is 87.3 Å². The lowest BCUT2D eigenvalue weighted by Crippen LogP contribution is -2.32. The first-order valence-corrected chi connectivity index (χ1v) is 4.58. The summed E-state index contributed by atoms with van der Waals surface area (Å²) in [6.07, 6.45) is 0. The number of rotatable bonds is 4. The number of carbonyl (C=O) groups is 1. The van der Waals surface area contributed by atoms with Crippen molar-refractivity contribution in [3.05, 3.63) is 28.2 Å². The molecule has 0 saturated carbocycles. The van der Waals surface area contributed by atoms with Crippen LogP contribution in [-0.4, -0.2) is 48.2 Å². The smallest absolute Gasteiger partial charge is 0.271 e. The summed E-state index contributed by atoms with van der Waals surface area (Å²) >= 11 is 0. The van der Waals surface area contributed by atoms with Crippen LogP contribution in [0.4, 0.5) is 0 Å². The Hall–Kier alpha value is -1.69. The first kappa shape index (κ1) is 11.4.